The molecule has 0 atom stereocenters. The number of ether oxygens (including phenoxy) is 1. The molecule has 0 amide bonds. The summed E-state index contributed by atoms with van der Waals surface area (Å²) in [7, 11) is 0. The zero-order valence-corrected chi connectivity index (χ0v) is 11.8. The summed E-state index contributed by atoms with van der Waals surface area (Å²) in [5.74, 6) is 0.733. The minimum atomic E-state index is 0.733. The van der Waals surface area contributed by atoms with Crippen molar-refractivity contribution in [3.8, 4) is 0 Å². The van der Waals surface area contributed by atoms with Crippen LogP contribution in [0.3, 0.4) is 0 Å². The van der Waals surface area contributed by atoms with Crippen LogP contribution < -0.4 is 5.32 Å². The van der Waals surface area contributed by atoms with Gasteiger partial charge < -0.3 is 10.1 Å². The van der Waals surface area contributed by atoms with Crippen LogP contribution in [0, 0.1) is 5.92 Å². The molecule has 0 spiro atoms. The number of nitrogens with one attached hydrogen (secondary N) is 1. The van der Waals surface area contributed by atoms with Crippen LogP contribution in [0.4, 0.5) is 0 Å². The lowest BCUT2D eigenvalue weighted by atomic mass is 10.1. The predicted octanol–water partition coefficient (Wildman–Crippen LogP) is 3.27. The van der Waals surface area contributed by atoms with Gasteiger partial charge in [0.1, 0.15) is 0 Å². The average Bonchev–Trinajstić information content (AvgIpc) is 2.37. The van der Waals surface area contributed by atoms with Crippen molar-refractivity contribution in [2.45, 2.75) is 33.1 Å². The van der Waals surface area contributed by atoms with E-state index in [2.05, 4.69) is 49.5 Å². The Balaban J connectivity index is 1.84. The number of hydrogen-bond donors (Lipinski definition) is 1. The molecule has 0 radical (unpaired) electrons. The van der Waals surface area contributed by atoms with Gasteiger partial charge in [-0.1, -0.05) is 44.2 Å². The Kier molecular flexibility index (Phi) is 8.53. The summed E-state index contributed by atoms with van der Waals surface area (Å²) in [6.45, 7) is 8.38. The highest BCUT2D eigenvalue weighted by Crippen LogP contribution is 2.02. The Morgan fingerprint density at radius 2 is 1.78 bits per heavy atom. The second-order valence-corrected chi connectivity index (χ2v) is 5.15. The standard InChI is InChI=1S/C16H27NO/c1-15(2)14-17-11-7-13-18-12-6-10-16-8-4-3-5-9-16/h3-5,8-9,15,17H,6-7,10-14H2,1-2H3. The summed E-state index contributed by atoms with van der Waals surface area (Å²) in [5.41, 5.74) is 1.40. The van der Waals surface area contributed by atoms with Gasteiger partial charge in [-0.25, -0.2) is 0 Å². The fourth-order valence-corrected chi connectivity index (χ4v) is 1.82. The molecule has 0 bridgehead atoms. The fourth-order valence-electron chi connectivity index (χ4n) is 1.82. The summed E-state index contributed by atoms with van der Waals surface area (Å²) in [4.78, 5) is 0. The zero-order valence-electron chi connectivity index (χ0n) is 11.8. The van der Waals surface area contributed by atoms with Crippen LogP contribution in [-0.2, 0) is 11.2 Å². The number of benzene rings is 1. The van der Waals surface area contributed by atoms with E-state index >= 15 is 0 Å². The summed E-state index contributed by atoms with van der Waals surface area (Å²) >= 11 is 0. The predicted molar refractivity (Wildman–Crippen MR) is 77.9 cm³/mol. The third-order valence-electron chi connectivity index (χ3n) is 2.79. The maximum atomic E-state index is 5.62. The summed E-state index contributed by atoms with van der Waals surface area (Å²) in [6, 6.07) is 10.6. The third-order valence-corrected chi connectivity index (χ3v) is 2.79. The topological polar surface area (TPSA) is 21.3 Å². The molecule has 1 aromatic carbocycles. The molecular weight excluding hydrogens is 222 g/mol. The molecule has 0 fully saturated rings. The minimum absolute atomic E-state index is 0.733. The molecule has 0 unspecified atom stereocenters. The molecule has 1 rings (SSSR count). The average molecular weight is 249 g/mol. The monoisotopic (exact) mass is 249 g/mol. The lowest BCUT2D eigenvalue weighted by Gasteiger charge is -2.07. The van der Waals surface area contributed by atoms with Gasteiger partial charge in [0.25, 0.3) is 0 Å². The van der Waals surface area contributed by atoms with Crippen LogP contribution in [0.5, 0.6) is 0 Å². The molecule has 0 aliphatic rings. The first-order chi connectivity index (χ1) is 8.79. The van der Waals surface area contributed by atoms with Gasteiger partial charge >= 0.3 is 0 Å². The number of hydrogen-bond acceptors (Lipinski definition) is 2. The maximum absolute atomic E-state index is 5.62. The number of aryl methyl sites for hydroxylation is 1. The van der Waals surface area contributed by atoms with Gasteiger partial charge in [-0.05, 0) is 43.8 Å². The highest BCUT2D eigenvalue weighted by atomic mass is 16.5. The molecule has 0 aliphatic carbocycles. The zero-order chi connectivity index (χ0) is 13.1. The van der Waals surface area contributed by atoms with E-state index in [1.54, 1.807) is 0 Å². The van der Waals surface area contributed by atoms with Crippen LogP contribution >= 0.6 is 0 Å². The molecule has 0 saturated carbocycles. The molecule has 0 heterocycles. The van der Waals surface area contributed by atoms with Crippen molar-refractivity contribution in [2.24, 2.45) is 5.92 Å². The van der Waals surface area contributed by atoms with Gasteiger partial charge in [0.05, 0.1) is 0 Å². The Labute approximate surface area is 112 Å². The van der Waals surface area contributed by atoms with E-state index < -0.39 is 0 Å². The molecule has 0 aromatic heterocycles. The van der Waals surface area contributed by atoms with E-state index in [1.165, 1.54) is 5.56 Å². The first-order valence-electron chi connectivity index (χ1n) is 7.11. The van der Waals surface area contributed by atoms with Crippen molar-refractivity contribution in [1.29, 1.82) is 0 Å². The molecular formula is C16H27NO. The van der Waals surface area contributed by atoms with Crippen LogP contribution in [0.1, 0.15) is 32.3 Å². The first-order valence-corrected chi connectivity index (χ1v) is 7.11. The fraction of sp³-hybridized carbons (Fsp3) is 0.625. The molecule has 1 aromatic rings. The van der Waals surface area contributed by atoms with Crippen molar-refractivity contribution >= 4 is 0 Å². The Morgan fingerprint density at radius 1 is 1.06 bits per heavy atom. The molecule has 102 valence electrons. The third kappa shape index (κ3) is 8.26. The molecule has 0 aliphatic heterocycles. The quantitative estimate of drug-likeness (QED) is 0.643. The Hall–Kier alpha value is -0.860. The van der Waals surface area contributed by atoms with Crippen LogP contribution in [-0.4, -0.2) is 26.3 Å². The molecule has 2 nitrogen and oxygen atoms in total. The van der Waals surface area contributed by atoms with Crippen molar-refractivity contribution < 1.29 is 4.74 Å². The van der Waals surface area contributed by atoms with E-state index in [-0.39, 0.29) is 0 Å². The van der Waals surface area contributed by atoms with Crippen molar-refractivity contribution in [2.75, 3.05) is 26.3 Å². The van der Waals surface area contributed by atoms with E-state index in [1.807, 2.05) is 0 Å². The van der Waals surface area contributed by atoms with Gasteiger partial charge in [0.2, 0.25) is 0 Å². The second-order valence-electron chi connectivity index (χ2n) is 5.15. The SMILES string of the molecule is CC(C)CNCCCOCCCc1ccccc1. The summed E-state index contributed by atoms with van der Waals surface area (Å²) in [5, 5.41) is 3.42. The van der Waals surface area contributed by atoms with E-state index in [4.69, 9.17) is 4.74 Å². The normalized spacial score (nSPS) is 11.1. The summed E-state index contributed by atoms with van der Waals surface area (Å²) in [6.07, 6.45) is 3.34. The van der Waals surface area contributed by atoms with Crippen LogP contribution in [0.2, 0.25) is 0 Å². The largest absolute Gasteiger partial charge is 0.381 e. The van der Waals surface area contributed by atoms with Crippen LogP contribution in [0.25, 0.3) is 0 Å². The van der Waals surface area contributed by atoms with E-state index in [0.717, 1.165) is 51.5 Å². The maximum Gasteiger partial charge on any atom is 0.0478 e. The Morgan fingerprint density at radius 3 is 2.50 bits per heavy atom. The second kappa shape index (κ2) is 10.1. The lowest BCUT2D eigenvalue weighted by molar-refractivity contribution is 0.129. The first kappa shape index (κ1) is 15.2. The lowest BCUT2D eigenvalue weighted by Crippen LogP contribution is -2.21. The van der Waals surface area contributed by atoms with Gasteiger partial charge in [0.15, 0.2) is 0 Å². The van der Waals surface area contributed by atoms with E-state index in [0.29, 0.717) is 0 Å². The molecule has 0 saturated heterocycles. The Bertz CT molecular complexity index is 284. The van der Waals surface area contributed by atoms with Gasteiger partial charge in [-0.2, -0.15) is 0 Å². The highest BCUT2D eigenvalue weighted by molar-refractivity contribution is 5.14. The van der Waals surface area contributed by atoms with Gasteiger partial charge in [-0.15, -0.1) is 0 Å². The van der Waals surface area contributed by atoms with Gasteiger partial charge in [0, 0.05) is 13.2 Å². The van der Waals surface area contributed by atoms with Crippen molar-refractivity contribution in [3.05, 3.63) is 35.9 Å². The van der Waals surface area contributed by atoms with Crippen molar-refractivity contribution in [3.63, 3.8) is 0 Å². The molecule has 2 heteroatoms. The smallest absolute Gasteiger partial charge is 0.0478 e. The molecule has 18 heavy (non-hydrogen) atoms. The minimum Gasteiger partial charge on any atom is -0.381 e. The van der Waals surface area contributed by atoms with Crippen molar-refractivity contribution in [1.82, 2.24) is 5.32 Å². The molecule has 1 N–H and O–H groups in total. The number of rotatable bonds is 10. The van der Waals surface area contributed by atoms with E-state index in [9.17, 15) is 0 Å². The highest BCUT2D eigenvalue weighted by Gasteiger charge is 1.94. The van der Waals surface area contributed by atoms with Crippen LogP contribution in [0.15, 0.2) is 30.3 Å². The van der Waals surface area contributed by atoms with Gasteiger partial charge in [-0.3, -0.25) is 0 Å². The summed E-state index contributed by atoms with van der Waals surface area (Å²) < 4.78 is 5.62.